The molecule has 0 saturated carbocycles. The molecule has 0 N–H and O–H groups in total. The number of benzene rings is 2. The van der Waals surface area contributed by atoms with E-state index in [4.69, 9.17) is 14.3 Å². The Hall–Kier alpha value is -3.23. The number of allylic oxidation sites excluding steroid dienone is 1. The maximum Gasteiger partial charge on any atom is 0.373 e. The normalized spacial score (nSPS) is 10.0. The first-order valence-electron chi connectivity index (χ1n) is 8.47. The lowest BCUT2D eigenvalue weighted by molar-refractivity contribution is -0.191. The molecule has 0 unspecified atom stereocenters. The number of hydrogen-bond donors (Lipinski definition) is 0. The Morgan fingerprint density at radius 3 is 1.81 bits per heavy atom. The molecule has 140 valence electrons. The third kappa shape index (κ3) is 6.53. The molecular weight excluding hydrogens is 340 g/mol. The smallest absolute Gasteiger partial charge is 0.373 e. The molecule has 2 aromatic carbocycles. The fraction of sp³-hybridized carbons (Fsp3) is 0.217. The van der Waals surface area contributed by atoms with Gasteiger partial charge in [-0.1, -0.05) is 75.0 Å². The molecule has 2 rings (SSSR count). The Kier molecular flexibility index (Phi) is 8.64. The van der Waals surface area contributed by atoms with Crippen molar-refractivity contribution in [3.05, 3.63) is 96.1 Å². The largest absolute Gasteiger partial charge is 0.458 e. The monoisotopic (exact) mass is 364 g/mol. The molecule has 0 fully saturated rings. The van der Waals surface area contributed by atoms with E-state index in [1.54, 1.807) is 0 Å². The molecular formula is C23H24O4. The summed E-state index contributed by atoms with van der Waals surface area (Å²) in [6.45, 7) is 11.9. The molecule has 0 aromatic heterocycles. The van der Waals surface area contributed by atoms with Gasteiger partial charge in [0.15, 0.2) is 0 Å². The van der Waals surface area contributed by atoms with Crippen LogP contribution in [0.15, 0.2) is 73.8 Å². The lowest BCUT2D eigenvalue weighted by Crippen LogP contribution is -2.18. The highest BCUT2D eigenvalue weighted by Gasteiger charge is 2.22. The summed E-state index contributed by atoms with van der Waals surface area (Å²) in [5.41, 5.74) is 4.62. The second-order valence-corrected chi connectivity index (χ2v) is 6.41. The standard InChI is InChI=1S/C22H24O2.CO2/c1-5-7-17-8-12-19(13-9-17)22(3,4)20-14-10-18(11-15-20)16-24-21(23)6-2;2-1-3/h5-6,8-15H,1-2,7,16H2,3-4H3;. The summed E-state index contributed by atoms with van der Waals surface area (Å²) < 4.78 is 5.06. The van der Waals surface area contributed by atoms with Gasteiger partial charge in [0, 0.05) is 11.5 Å². The van der Waals surface area contributed by atoms with Crippen molar-refractivity contribution in [3.8, 4) is 0 Å². The van der Waals surface area contributed by atoms with E-state index in [-0.39, 0.29) is 18.2 Å². The molecule has 0 aliphatic heterocycles. The quantitative estimate of drug-likeness (QED) is 0.415. The summed E-state index contributed by atoms with van der Waals surface area (Å²) >= 11 is 0. The summed E-state index contributed by atoms with van der Waals surface area (Å²) in [7, 11) is 0. The number of carbonyl (C=O) groups is 1. The van der Waals surface area contributed by atoms with E-state index in [1.807, 2.05) is 18.2 Å². The minimum absolute atomic E-state index is 0.0942. The van der Waals surface area contributed by atoms with Gasteiger partial charge in [-0.25, -0.2) is 4.79 Å². The number of ether oxygens (including phenoxy) is 1. The van der Waals surface area contributed by atoms with E-state index < -0.39 is 5.97 Å². The minimum Gasteiger partial charge on any atom is -0.458 e. The van der Waals surface area contributed by atoms with Gasteiger partial charge >= 0.3 is 12.1 Å². The summed E-state index contributed by atoms with van der Waals surface area (Å²) in [4.78, 5) is 27.4. The van der Waals surface area contributed by atoms with Crippen molar-refractivity contribution in [2.75, 3.05) is 0 Å². The van der Waals surface area contributed by atoms with Crippen molar-refractivity contribution < 1.29 is 19.1 Å². The zero-order valence-corrected chi connectivity index (χ0v) is 15.7. The van der Waals surface area contributed by atoms with E-state index in [0.717, 1.165) is 12.0 Å². The molecule has 0 bridgehead atoms. The van der Waals surface area contributed by atoms with Gasteiger partial charge in [-0.15, -0.1) is 6.58 Å². The van der Waals surface area contributed by atoms with E-state index in [0.29, 0.717) is 0 Å². The Labute approximate surface area is 160 Å². The Bertz CT molecular complexity index is 793. The van der Waals surface area contributed by atoms with E-state index in [9.17, 15) is 4.79 Å². The highest BCUT2D eigenvalue weighted by molar-refractivity contribution is 5.81. The summed E-state index contributed by atoms with van der Waals surface area (Å²) in [5.74, 6) is -0.404. The van der Waals surface area contributed by atoms with Gasteiger partial charge in [-0.3, -0.25) is 0 Å². The summed E-state index contributed by atoms with van der Waals surface area (Å²) in [6.07, 6.45) is 4.23. The lowest BCUT2D eigenvalue weighted by atomic mass is 9.77. The van der Waals surface area contributed by atoms with Gasteiger partial charge in [0.05, 0.1) is 0 Å². The molecule has 27 heavy (non-hydrogen) atoms. The first kappa shape index (κ1) is 21.8. The molecule has 0 radical (unpaired) electrons. The van der Waals surface area contributed by atoms with Crippen molar-refractivity contribution in [3.63, 3.8) is 0 Å². The van der Waals surface area contributed by atoms with Gasteiger partial charge in [-0.2, -0.15) is 9.59 Å². The van der Waals surface area contributed by atoms with E-state index in [1.165, 1.54) is 22.8 Å². The van der Waals surface area contributed by atoms with Crippen LogP contribution >= 0.6 is 0 Å². The maximum absolute atomic E-state index is 11.1. The molecule has 0 saturated heterocycles. The molecule has 0 atom stereocenters. The van der Waals surface area contributed by atoms with Crippen molar-refractivity contribution in [2.24, 2.45) is 0 Å². The molecule has 0 amide bonds. The van der Waals surface area contributed by atoms with Gasteiger partial charge in [0.2, 0.25) is 0 Å². The molecule has 0 spiro atoms. The van der Waals surface area contributed by atoms with Crippen molar-refractivity contribution >= 4 is 12.1 Å². The van der Waals surface area contributed by atoms with Gasteiger partial charge in [0.25, 0.3) is 0 Å². The van der Waals surface area contributed by atoms with E-state index in [2.05, 4.69) is 63.4 Å². The van der Waals surface area contributed by atoms with Crippen molar-refractivity contribution in [2.45, 2.75) is 32.3 Å². The molecule has 0 aliphatic carbocycles. The second kappa shape index (κ2) is 10.7. The highest BCUT2D eigenvalue weighted by Crippen LogP contribution is 2.31. The molecule has 0 aliphatic rings. The zero-order valence-electron chi connectivity index (χ0n) is 15.7. The third-order valence-electron chi connectivity index (χ3n) is 4.28. The van der Waals surface area contributed by atoms with Crippen LogP contribution in [0, 0.1) is 0 Å². The van der Waals surface area contributed by atoms with Gasteiger partial charge in [-0.05, 0) is 28.7 Å². The van der Waals surface area contributed by atoms with Gasteiger partial charge in [0.1, 0.15) is 6.61 Å². The predicted octanol–water partition coefficient (Wildman–Crippen LogP) is 4.39. The summed E-state index contributed by atoms with van der Waals surface area (Å²) in [6, 6.07) is 16.9. The zero-order chi connectivity index (χ0) is 20.3. The predicted molar refractivity (Wildman–Crippen MR) is 104 cm³/mol. The van der Waals surface area contributed by atoms with Crippen LogP contribution in [0.1, 0.15) is 36.1 Å². The molecule has 4 heteroatoms. The minimum atomic E-state index is -0.404. The van der Waals surface area contributed by atoms with Crippen LogP contribution in [0.4, 0.5) is 0 Å². The van der Waals surface area contributed by atoms with Crippen molar-refractivity contribution in [1.82, 2.24) is 0 Å². The number of hydrogen-bond acceptors (Lipinski definition) is 4. The number of esters is 1. The average Bonchev–Trinajstić information content (AvgIpc) is 2.68. The van der Waals surface area contributed by atoms with Crippen LogP contribution in [-0.4, -0.2) is 12.1 Å². The van der Waals surface area contributed by atoms with Crippen molar-refractivity contribution in [1.29, 1.82) is 0 Å². The van der Waals surface area contributed by atoms with E-state index >= 15 is 0 Å². The maximum atomic E-state index is 11.1. The second-order valence-electron chi connectivity index (χ2n) is 6.41. The molecule has 2 aromatic rings. The van der Waals surface area contributed by atoms with Crippen LogP contribution in [0.3, 0.4) is 0 Å². The first-order valence-corrected chi connectivity index (χ1v) is 8.47. The van der Waals surface area contributed by atoms with Crippen LogP contribution in [-0.2, 0) is 37.6 Å². The Balaban J connectivity index is 0.00000114. The number of carbonyl (C=O) groups excluding carboxylic acids is 3. The fourth-order valence-electron chi connectivity index (χ4n) is 2.62. The number of rotatable bonds is 7. The van der Waals surface area contributed by atoms with Crippen LogP contribution in [0.25, 0.3) is 0 Å². The topological polar surface area (TPSA) is 60.4 Å². The highest BCUT2D eigenvalue weighted by atomic mass is 16.5. The summed E-state index contributed by atoms with van der Waals surface area (Å²) in [5, 5.41) is 0. The fourth-order valence-corrected chi connectivity index (χ4v) is 2.62. The SMILES string of the molecule is C=CCc1ccc(C(C)(C)c2ccc(COC(=O)C=C)cc2)cc1.O=C=O. The Morgan fingerprint density at radius 1 is 0.963 bits per heavy atom. The van der Waals surface area contributed by atoms with Crippen LogP contribution in [0.2, 0.25) is 0 Å². The molecule has 0 heterocycles. The third-order valence-corrected chi connectivity index (χ3v) is 4.28. The lowest BCUT2D eigenvalue weighted by Gasteiger charge is -2.26. The Morgan fingerprint density at radius 2 is 1.41 bits per heavy atom. The first-order chi connectivity index (χ1) is 12.9. The molecule has 4 nitrogen and oxygen atoms in total. The van der Waals surface area contributed by atoms with Gasteiger partial charge < -0.3 is 4.74 Å². The van der Waals surface area contributed by atoms with Crippen LogP contribution < -0.4 is 0 Å². The van der Waals surface area contributed by atoms with Crippen LogP contribution in [0.5, 0.6) is 0 Å². The average molecular weight is 364 g/mol.